The fraction of sp³-hybridized carbons (Fsp3) is 0.636. The molecule has 8 atom stereocenters. The first-order chi connectivity index (χ1) is 33.0. The van der Waals surface area contributed by atoms with Gasteiger partial charge in [0.2, 0.25) is 47.3 Å². The summed E-state index contributed by atoms with van der Waals surface area (Å²) >= 11 is 0. The second-order valence-corrected chi connectivity index (χ2v) is 17.3. The van der Waals surface area contributed by atoms with Crippen LogP contribution in [0.2, 0.25) is 0 Å². The molecule has 0 saturated carbocycles. The number of aliphatic hydroxyl groups excluding tert-OH is 1. The zero-order valence-electron chi connectivity index (χ0n) is 40.2. The van der Waals surface area contributed by atoms with Crippen LogP contribution in [0.1, 0.15) is 97.0 Å². The maximum absolute atomic E-state index is 14.0. The van der Waals surface area contributed by atoms with E-state index in [1.807, 2.05) is 0 Å². The van der Waals surface area contributed by atoms with Crippen LogP contribution in [0.5, 0.6) is 5.75 Å². The number of carboxylic acid groups (broad SMARTS) is 1. The van der Waals surface area contributed by atoms with Crippen molar-refractivity contribution >= 4 is 59.2 Å². The Balaban J connectivity index is 3.33. The zero-order valence-corrected chi connectivity index (χ0v) is 40.2. The fourth-order valence-corrected chi connectivity index (χ4v) is 6.78. The summed E-state index contributed by atoms with van der Waals surface area (Å²) in [5.74, 6) is -8.78. The molecule has 0 heterocycles. The van der Waals surface area contributed by atoms with Crippen LogP contribution in [0.4, 0.5) is 0 Å². The number of carbonyl (C=O) groups is 9. The fourth-order valence-electron chi connectivity index (χ4n) is 6.78. The largest absolute Gasteiger partial charge is 0.508 e. The van der Waals surface area contributed by atoms with E-state index in [9.17, 15) is 58.5 Å². The van der Waals surface area contributed by atoms with Crippen LogP contribution in [0.25, 0.3) is 0 Å². The van der Waals surface area contributed by atoms with Gasteiger partial charge in [-0.25, -0.2) is 4.79 Å². The molecule has 0 bridgehead atoms. The second kappa shape index (κ2) is 33.0. The summed E-state index contributed by atoms with van der Waals surface area (Å²) in [6.07, 6.45) is 0.0406. The molecule has 8 unspecified atom stereocenters. The number of aliphatic imine (C=N–C) groups is 1. The van der Waals surface area contributed by atoms with Gasteiger partial charge in [0.1, 0.15) is 42.0 Å². The van der Waals surface area contributed by atoms with Gasteiger partial charge in [0, 0.05) is 19.4 Å². The van der Waals surface area contributed by atoms with Gasteiger partial charge in [0.15, 0.2) is 5.96 Å². The molecule has 1 rings (SSSR count). The Morgan fingerprint density at radius 3 is 1.64 bits per heavy atom. The number of unbranched alkanes of at least 4 members (excludes halogenated alkanes) is 2. The Labute approximate surface area is 407 Å². The molecule has 0 radical (unpaired) electrons. The molecule has 394 valence electrons. The predicted octanol–water partition coefficient (Wildman–Crippen LogP) is -4.62. The molecule has 70 heavy (non-hydrogen) atoms. The minimum absolute atomic E-state index is 0.0109. The number of phenols is 1. The highest BCUT2D eigenvalue weighted by atomic mass is 16.4. The first-order valence-electron chi connectivity index (χ1n) is 23.3. The number of benzene rings is 1. The van der Waals surface area contributed by atoms with E-state index >= 15 is 0 Å². The molecule has 0 aliphatic rings. The van der Waals surface area contributed by atoms with E-state index in [-0.39, 0.29) is 75.7 Å². The van der Waals surface area contributed by atoms with Crippen LogP contribution < -0.4 is 71.6 Å². The van der Waals surface area contributed by atoms with Crippen molar-refractivity contribution in [2.24, 2.45) is 45.3 Å². The molecule has 0 aromatic heterocycles. The predicted molar refractivity (Wildman–Crippen MR) is 257 cm³/mol. The minimum Gasteiger partial charge on any atom is -0.508 e. The van der Waals surface area contributed by atoms with Crippen molar-refractivity contribution < 1.29 is 58.5 Å². The molecule has 0 fully saturated rings. The number of guanidine groups is 1. The zero-order chi connectivity index (χ0) is 52.9. The van der Waals surface area contributed by atoms with Crippen molar-refractivity contribution in [3.05, 3.63) is 29.8 Å². The van der Waals surface area contributed by atoms with Crippen LogP contribution in [0.3, 0.4) is 0 Å². The van der Waals surface area contributed by atoms with Crippen molar-refractivity contribution in [2.45, 2.75) is 146 Å². The van der Waals surface area contributed by atoms with Gasteiger partial charge in [-0.05, 0) is 101 Å². The Morgan fingerprint density at radius 1 is 0.614 bits per heavy atom. The van der Waals surface area contributed by atoms with Gasteiger partial charge in [0.05, 0.1) is 18.7 Å². The minimum atomic E-state index is -1.67. The van der Waals surface area contributed by atoms with Crippen molar-refractivity contribution in [3.63, 3.8) is 0 Å². The van der Waals surface area contributed by atoms with Crippen LogP contribution in [-0.4, -0.2) is 149 Å². The number of aliphatic hydroxyl groups is 1. The van der Waals surface area contributed by atoms with Gasteiger partial charge >= 0.3 is 5.97 Å². The summed E-state index contributed by atoms with van der Waals surface area (Å²) < 4.78 is 0. The van der Waals surface area contributed by atoms with Gasteiger partial charge < -0.3 is 86.9 Å². The number of aliphatic carboxylic acids is 1. The number of nitrogens with zero attached hydrogens (tertiary/aromatic N) is 1. The van der Waals surface area contributed by atoms with Crippen molar-refractivity contribution in [3.8, 4) is 5.75 Å². The van der Waals surface area contributed by atoms with Crippen LogP contribution in [0, 0.1) is 5.92 Å². The maximum atomic E-state index is 14.0. The Bertz CT molecular complexity index is 1900. The molecular weight excluding hydrogens is 917 g/mol. The highest BCUT2D eigenvalue weighted by Gasteiger charge is 2.34. The van der Waals surface area contributed by atoms with E-state index in [0.717, 1.165) is 0 Å². The second-order valence-electron chi connectivity index (χ2n) is 17.3. The van der Waals surface area contributed by atoms with Crippen LogP contribution >= 0.6 is 0 Å². The smallest absolute Gasteiger partial charge is 0.326 e. The van der Waals surface area contributed by atoms with E-state index in [1.54, 1.807) is 13.8 Å². The first kappa shape index (κ1) is 61.4. The highest BCUT2D eigenvalue weighted by Crippen LogP contribution is 2.14. The summed E-state index contributed by atoms with van der Waals surface area (Å²) in [6, 6.07) is -3.86. The van der Waals surface area contributed by atoms with Crippen molar-refractivity contribution in [1.29, 1.82) is 0 Å². The summed E-state index contributed by atoms with van der Waals surface area (Å²) in [7, 11) is 0. The number of carboxylic acids is 1. The number of hydrogen-bond acceptors (Lipinski definition) is 15. The third kappa shape index (κ3) is 25.1. The lowest BCUT2D eigenvalue weighted by molar-refractivity contribution is -0.143. The van der Waals surface area contributed by atoms with E-state index in [2.05, 4.69) is 42.2 Å². The van der Waals surface area contributed by atoms with Crippen molar-refractivity contribution in [2.75, 3.05) is 26.2 Å². The van der Waals surface area contributed by atoms with Gasteiger partial charge in [0.25, 0.3) is 0 Å². The molecule has 0 aliphatic carbocycles. The Hall–Kier alpha value is -6.64. The molecule has 22 N–H and O–H groups in total. The number of phenolic OH excluding ortho intramolecular Hbond substituents is 1. The van der Waals surface area contributed by atoms with E-state index in [4.69, 9.17) is 34.4 Å². The lowest BCUT2D eigenvalue weighted by Crippen LogP contribution is -2.60. The number of nitrogens with one attached hydrogen (secondary N) is 7. The molecule has 26 heteroatoms. The van der Waals surface area contributed by atoms with E-state index in [0.29, 0.717) is 37.8 Å². The molecule has 1 aromatic carbocycles. The van der Waals surface area contributed by atoms with E-state index < -0.39 is 115 Å². The number of hydrogen-bond donors (Lipinski definition) is 16. The summed E-state index contributed by atoms with van der Waals surface area (Å²) in [6.45, 7) is 4.66. The Morgan fingerprint density at radius 2 is 1.11 bits per heavy atom. The summed E-state index contributed by atoms with van der Waals surface area (Å²) in [5, 5.41) is 47.3. The number of rotatable bonds is 35. The lowest BCUT2D eigenvalue weighted by Gasteiger charge is -2.27. The third-order valence-electron chi connectivity index (χ3n) is 10.6. The summed E-state index contributed by atoms with van der Waals surface area (Å²) in [4.78, 5) is 122. The average molecular weight is 993 g/mol. The van der Waals surface area contributed by atoms with Gasteiger partial charge in [-0.2, -0.15) is 0 Å². The molecule has 1 aromatic rings. The highest BCUT2D eigenvalue weighted by molar-refractivity contribution is 5.97. The standard InChI is InChI=1S/C44H76N14O12/c1-24(2)21-33(43(69)70)57-38(64)29(10-5-7-19-46)55-41(67)32(22-26-12-14-27(60)15-13-26)56-39(65)31(16-17-34(48)61)53-35(62)23-52-42(68)36(25(3)59)58-40(66)30(11-8-20-51-44(49)50)54-37(63)28(47)9-4-6-18-45/h12-15,24-25,28-33,36,59-60H,4-11,16-23,45-47H2,1-3H3,(H2,48,61)(H,52,68)(H,53,62)(H,54,63)(H,55,67)(H,56,65)(H,57,64)(H,58,66)(H,69,70)(H4,49,50,51). The van der Waals surface area contributed by atoms with Gasteiger partial charge in [-0.15, -0.1) is 0 Å². The lowest BCUT2D eigenvalue weighted by atomic mass is 10.0. The molecule has 8 amide bonds. The number of carbonyl (C=O) groups excluding carboxylic acids is 8. The maximum Gasteiger partial charge on any atom is 0.326 e. The molecule has 26 nitrogen and oxygen atoms in total. The average Bonchev–Trinajstić information content (AvgIpc) is 3.28. The third-order valence-corrected chi connectivity index (χ3v) is 10.6. The molecule has 0 spiro atoms. The monoisotopic (exact) mass is 993 g/mol. The van der Waals surface area contributed by atoms with E-state index in [1.165, 1.54) is 31.2 Å². The van der Waals surface area contributed by atoms with Crippen LogP contribution in [-0.2, 0) is 49.6 Å². The molecule has 0 saturated heterocycles. The molecular formula is C44H76N14O12. The SMILES string of the molecule is CC(C)CC(NC(=O)C(CCCCN)NC(=O)C(Cc1ccc(O)cc1)NC(=O)C(CCC(N)=O)NC(=O)CNC(=O)C(NC(=O)C(CCCN=C(N)N)NC(=O)C(N)CCCCN)C(C)O)C(=O)O. The van der Waals surface area contributed by atoms with Crippen LogP contribution in [0.15, 0.2) is 29.3 Å². The number of nitrogens with two attached hydrogens (primary N) is 6. The number of amides is 8. The van der Waals surface area contributed by atoms with Gasteiger partial charge in [-0.1, -0.05) is 32.4 Å². The number of primary amides is 1. The Kier molecular flexibility index (Phi) is 28.9. The number of aromatic hydroxyl groups is 1. The molecule has 0 aliphatic heterocycles. The van der Waals surface area contributed by atoms with Gasteiger partial charge in [-0.3, -0.25) is 43.3 Å². The normalized spacial score (nSPS) is 14.5. The first-order valence-corrected chi connectivity index (χ1v) is 23.3. The quantitative estimate of drug-likeness (QED) is 0.0173. The topological polar surface area (TPSA) is 467 Å². The summed E-state index contributed by atoms with van der Waals surface area (Å²) in [5.41, 5.74) is 33.8. The van der Waals surface area contributed by atoms with Crippen molar-refractivity contribution in [1.82, 2.24) is 37.2 Å².